The van der Waals surface area contributed by atoms with E-state index in [0.717, 1.165) is 19.5 Å². The minimum Gasteiger partial charge on any atom is -0.378 e. The second-order valence-corrected chi connectivity index (χ2v) is 7.12. The van der Waals surface area contributed by atoms with E-state index >= 15 is 0 Å². The van der Waals surface area contributed by atoms with Gasteiger partial charge in [0.1, 0.15) is 4.90 Å². The van der Waals surface area contributed by atoms with Crippen LogP contribution in [-0.4, -0.2) is 61.4 Å². The van der Waals surface area contributed by atoms with Crippen LogP contribution in [0.15, 0.2) is 17.3 Å². The van der Waals surface area contributed by atoms with E-state index in [1.54, 1.807) is 10.9 Å². The number of rotatable bonds is 7. The molecule has 1 N–H and O–H groups in total. The molecule has 0 aliphatic carbocycles. The van der Waals surface area contributed by atoms with Gasteiger partial charge >= 0.3 is 0 Å². The molecule has 2 heterocycles. The molecule has 2 rings (SSSR count). The van der Waals surface area contributed by atoms with Gasteiger partial charge in [0.2, 0.25) is 10.0 Å². The SMILES string of the molecule is CCCNCCn1cc(S(=O)(=O)N2CCOCC2C)cn1. The summed E-state index contributed by atoms with van der Waals surface area (Å²) in [7, 11) is -3.48. The lowest BCUT2D eigenvalue weighted by atomic mass is 10.3. The quantitative estimate of drug-likeness (QED) is 0.732. The number of nitrogens with one attached hydrogen (secondary N) is 1. The van der Waals surface area contributed by atoms with E-state index in [2.05, 4.69) is 17.3 Å². The van der Waals surface area contributed by atoms with Gasteiger partial charge in [0, 0.05) is 25.3 Å². The summed E-state index contributed by atoms with van der Waals surface area (Å²) < 4.78 is 33.6. The molecule has 1 aliphatic rings. The molecular formula is C13H24N4O3S. The Morgan fingerprint density at radius 1 is 1.48 bits per heavy atom. The molecule has 1 atom stereocenters. The van der Waals surface area contributed by atoms with Crippen LogP contribution in [0, 0.1) is 0 Å². The second-order valence-electron chi connectivity index (χ2n) is 5.23. The second kappa shape index (κ2) is 7.35. The molecule has 1 aromatic rings. The van der Waals surface area contributed by atoms with Crippen LogP contribution in [0.3, 0.4) is 0 Å². The van der Waals surface area contributed by atoms with Crippen LogP contribution in [0.25, 0.3) is 0 Å². The van der Waals surface area contributed by atoms with Crippen molar-refractivity contribution in [3.63, 3.8) is 0 Å². The number of aromatic nitrogens is 2. The molecule has 21 heavy (non-hydrogen) atoms. The maximum absolute atomic E-state index is 12.6. The Bertz CT molecular complexity index is 543. The minimum atomic E-state index is -3.48. The van der Waals surface area contributed by atoms with Crippen LogP contribution < -0.4 is 5.32 Å². The Hall–Kier alpha value is -0.960. The molecule has 0 spiro atoms. The van der Waals surface area contributed by atoms with Crippen molar-refractivity contribution in [2.45, 2.75) is 37.8 Å². The Morgan fingerprint density at radius 3 is 3.00 bits per heavy atom. The molecule has 0 saturated carbocycles. The molecule has 1 saturated heterocycles. The van der Waals surface area contributed by atoms with Gasteiger partial charge in [-0.05, 0) is 19.9 Å². The topological polar surface area (TPSA) is 76.5 Å². The first-order valence-electron chi connectivity index (χ1n) is 7.38. The summed E-state index contributed by atoms with van der Waals surface area (Å²) in [5, 5.41) is 7.40. The molecular weight excluding hydrogens is 292 g/mol. The van der Waals surface area contributed by atoms with E-state index in [-0.39, 0.29) is 10.9 Å². The fraction of sp³-hybridized carbons (Fsp3) is 0.769. The molecule has 0 bridgehead atoms. The zero-order valence-electron chi connectivity index (χ0n) is 12.7. The van der Waals surface area contributed by atoms with E-state index in [4.69, 9.17) is 4.74 Å². The minimum absolute atomic E-state index is 0.140. The number of hydrogen-bond acceptors (Lipinski definition) is 5. The van der Waals surface area contributed by atoms with E-state index in [1.807, 2.05) is 6.92 Å². The van der Waals surface area contributed by atoms with Gasteiger partial charge in [0.25, 0.3) is 0 Å². The first-order valence-corrected chi connectivity index (χ1v) is 8.82. The third kappa shape index (κ3) is 4.03. The third-order valence-corrected chi connectivity index (χ3v) is 5.43. The van der Waals surface area contributed by atoms with Crippen molar-refractivity contribution in [1.29, 1.82) is 0 Å². The maximum Gasteiger partial charge on any atom is 0.246 e. The summed E-state index contributed by atoms with van der Waals surface area (Å²) in [5.74, 6) is 0. The predicted molar refractivity (Wildman–Crippen MR) is 79.6 cm³/mol. The van der Waals surface area contributed by atoms with Crippen LogP contribution in [0.2, 0.25) is 0 Å². The molecule has 1 aromatic heterocycles. The van der Waals surface area contributed by atoms with Crippen LogP contribution in [0.5, 0.6) is 0 Å². The van der Waals surface area contributed by atoms with E-state index < -0.39 is 10.0 Å². The van der Waals surface area contributed by atoms with Crippen LogP contribution in [0.1, 0.15) is 20.3 Å². The molecule has 1 unspecified atom stereocenters. The zero-order valence-corrected chi connectivity index (χ0v) is 13.5. The number of morpholine rings is 1. The third-order valence-electron chi connectivity index (χ3n) is 3.47. The van der Waals surface area contributed by atoms with Gasteiger partial charge in [0.15, 0.2) is 0 Å². The molecule has 8 heteroatoms. The fourth-order valence-corrected chi connectivity index (χ4v) is 3.86. The molecule has 1 aliphatic heterocycles. The van der Waals surface area contributed by atoms with Crippen molar-refractivity contribution >= 4 is 10.0 Å². The molecule has 0 aromatic carbocycles. The van der Waals surface area contributed by atoms with E-state index in [1.165, 1.54) is 10.5 Å². The first-order chi connectivity index (χ1) is 10.1. The van der Waals surface area contributed by atoms with Gasteiger partial charge in [-0.15, -0.1) is 0 Å². The molecule has 120 valence electrons. The average molecular weight is 316 g/mol. The Balaban J connectivity index is 2.02. The number of nitrogens with zero attached hydrogens (tertiary/aromatic N) is 3. The summed E-state index contributed by atoms with van der Waals surface area (Å²) in [6.07, 6.45) is 4.11. The number of ether oxygens (including phenoxy) is 1. The number of hydrogen-bond donors (Lipinski definition) is 1. The monoisotopic (exact) mass is 316 g/mol. The summed E-state index contributed by atoms with van der Waals surface area (Å²) in [4.78, 5) is 0.256. The lowest BCUT2D eigenvalue weighted by molar-refractivity contribution is 0.0392. The average Bonchev–Trinajstić information content (AvgIpc) is 2.93. The lowest BCUT2D eigenvalue weighted by Crippen LogP contribution is -2.46. The smallest absolute Gasteiger partial charge is 0.246 e. The summed E-state index contributed by atoms with van der Waals surface area (Å²) in [5.41, 5.74) is 0. The fourth-order valence-electron chi connectivity index (χ4n) is 2.30. The van der Waals surface area contributed by atoms with Gasteiger partial charge < -0.3 is 10.1 Å². The van der Waals surface area contributed by atoms with E-state index in [9.17, 15) is 8.42 Å². The van der Waals surface area contributed by atoms with Crippen molar-refractivity contribution in [1.82, 2.24) is 19.4 Å². The highest BCUT2D eigenvalue weighted by Crippen LogP contribution is 2.19. The molecule has 7 nitrogen and oxygen atoms in total. The highest BCUT2D eigenvalue weighted by atomic mass is 32.2. The van der Waals surface area contributed by atoms with Crippen molar-refractivity contribution in [3.05, 3.63) is 12.4 Å². The predicted octanol–water partition coefficient (Wildman–Crippen LogP) is 0.292. The maximum atomic E-state index is 12.6. The number of sulfonamides is 1. The van der Waals surface area contributed by atoms with Gasteiger partial charge in [-0.3, -0.25) is 4.68 Å². The standard InChI is InChI=1S/C13H24N4O3S/c1-3-4-14-5-6-16-10-13(9-15-16)21(18,19)17-7-8-20-11-12(17)2/h9-10,12,14H,3-8,11H2,1-2H3. The van der Waals surface area contributed by atoms with Crippen molar-refractivity contribution in [2.24, 2.45) is 0 Å². The lowest BCUT2D eigenvalue weighted by Gasteiger charge is -2.31. The highest BCUT2D eigenvalue weighted by molar-refractivity contribution is 7.89. The Labute approximate surface area is 126 Å². The largest absolute Gasteiger partial charge is 0.378 e. The highest BCUT2D eigenvalue weighted by Gasteiger charge is 2.32. The Kier molecular flexibility index (Phi) is 5.74. The van der Waals surface area contributed by atoms with Gasteiger partial charge in [0.05, 0.1) is 26.0 Å². The van der Waals surface area contributed by atoms with Crippen molar-refractivity contribution in [3.8, 4) is 0 Å². The molecule has 0 amide bonds. The summed E-state index contributed by atoms with van der Waals surface area (Å²) in [6.45, 7) is 7.64. The normalized spacial score (nSPS) is 20.8. The zero-order chi connectivity index (χ0) is 15.3. The van der Waals surface area contributed by atoms with Gasteiger partial charge in [-0.2, -0.15) is 9.40 Å². The Morgan fingerprint density at radius 2 is 2.29 bits per heavy atom. The van der Waals surface area contributed by atoms with Crippen LogP contribution >= 0.6 is 0 Å². The first kappa shape index (κ1) is 16.4. The van der Waals surface area contributed by atoms with Crippen molar-refractivity contribution in [2.75, 3.05) is 32.8 Å². The summed E-state index contributed by atoms with van der Waals surface area (Å²) >= 11 is 0. The molecule has 0 radical (unpaired) electrons. The van der Waals surface area contributed by atoms with Gasteiger partial charge in [-0.1, -0.05) is 6.92 Å². The molecule has 1 fully saturated rings. The van der Waals surface area contributed by atoms with E-state index in [0.29, 0.717) is 26.3 Å². The summed E-state index contributed by atoms with van der Waals surface area (Å²) in [6, 6.07) is -0.140. The van der Waals surface area contributed by atoms with Crippen LogP contribution in [0.4, 0.5) is 0 Å². The van der Waals surface area contributed by atoms with Crippen LogP contribution in [-0.2, 0) is 21.3 Å². The van der Waals surface area contributed by atoms with Crippen molar-refractivity contribution < 1.29 is 13.2 Å². The van der Waals surface area contributed by atoms with Gasteiger partial charge in [-0.25, -0.2) is 8.42 Å².